The minimum Gasteiger partial charge on any atom is -0.371 e. The van der Waals surface area contributed by atoms with E-state index in [4.69, 9.17) is 0 Å². The summed E-state index contributed by atoms with van der Waals surface area (Å²) in [5.74, 6) is 1.04. The lowest BCUT2D eigenvalue weighted by Gasteiger charge is -2.40. The van der Waals surface area contributed by atoms with E-state index in [-0.39, 0.29) is 5.78 Å². The summed E-state index contributed by atoms with van der Waals surface area (Å²) in [4.78, 5) is 15.7. The number of hydrogen-bond donors (Lipinski definition) is 0. The smallest absolute Gasteiger partial charge is 0.185 e. The molecular weight excluding hydrogens is 402 g/mol. The highest BCUT2D eigenvalue weighted by atomic mass is 16.1. The Morgan fingerprint density at radius 1 is 0.788 bits per heavy atom. The van der Waals surface area contributed by atoms with Crippen LogP contribution in [0, 0.1) is 0 Å². The second-order valence-corrected chi connectivity index (χ2v) is 10.2. The number of carbonyl (C=O) groups is 1. The third-order valence-electron chi connectivity index (χ3n) is 8.39. The fourth-order valence-electron chi connectivity index (χ4n) is 6.98. The molecule has 3 aromatic carbocycles. The van der Waals surface area contributed by atoms with Crippen LogP contribution in [0.3, 0.4) is 0 Å². The first kappa shape index (κ1) is 19.3. The van der Waals surface area contributed by atoms with Crippen LogP contribution in [0.4, 0.5) is 5.69 Å². The van der Waals surface area contributed by atoms with Crippen LogP contribution in [0.15, 0.2) is 60.7 Å². The number of carbonyl (C=O) groups excluding carboxylic acids is 1. The number of anilines is 1. The number of benzene rings is 3. The standard InChI is InChI=1S/C31H29NO/c33-30(14-9-20-17-22-5-3-15-32-16-4-6-23(18-20)31(22)32)21-10-11-27-26-12-13-28(29(27)19-21)25-8-2-1-7-24(25)26/h1-2,7-11,14,17-19,26,28H,3-6,12-13,15-16H2. The lowest BCUT2D eigenvalue weighted by Crippen LogP contribution is -2.34. The Morgan fingerprint density at radius 3 is 2.12 bits per heavy atom. The van der Waals surface area contributed by atoms with Crippen molar-refractivity contribution in [2.45, 2.75) is 50.4 Å². The fraction of sp³-hybridized carbons (Fsp3) is 0.323. The van der Waals surface area contributed by atoms with Crippen molar-refractivity contribution >= 4 is 17.5 Å². The van der Waals surface area contributed by atoms with Gasteiger partial charge in [-0.2, -0.15) is 0 Å². The minimum absolute atomic E-state index is 0.112. The molecule has 0 aromatic heterocycles. The Morgan fingerprint density at radius 2 is 1.42 bits per heavy atom. The normalized spacial score (nSPS) is 22.1. The van der Waals surface area contributed by atoms with Gasteiger partial charge in [-0.05, 0) is 102 Å². The van der Waals surface area contributed by atoms with Gasteiger partial charge >= 0.3 is 0 Å². The van der Waals surface area contributed by atoms with Gasteiger partial charge in [-0.1, -0.05) is 42.5 Å². The Bertz CT molecular complexity index is 1290. The average molecular weight is 432 g/mol. The largest absolute Gasteiger partial charge is 0.371 e. The van der Waals surface area contributed by atoms with Crippen molar-refractivity contribution in [2.75, 3.05) is 18.0 Å². The molecule has 0 radical (unpaired) electrons. The Labute approximate surface area is 195 Å². The molecule has 0 N–H and O–H groups in total. The van der Waals surface area contributed by atoms with Gasteiger partial charge in [0.2, 0.25) is 0 Å². The third-order valence-corrected chi connectivity index (χ3v) is 8.39. The third kappa shape index (κ3) is 3.04. The topological polar surface area (TPSA) is 20.3 Å². The first-order valence-electron chi connectivity index (χ1n) is 12.6. The van der Waals surface area contributed by atoms with Crippen molar-refractivity contribution in [1.29, 1.82) is 0 Å². The number of fused-ring (bicyclic) bond motifs is 1. The molecule has 0 amide bonds. The van der Waals surface area contributed by atoms with Crippen molar-refractivity contribution in [2.24, 2.45) is 0 Å². The molecule has 2 heteroatoms. The molecule has 3 aliphatic carbocycles. The Kier molecular flexibility index (Phi) is 4.37. The number of nitrogens with zero attached hydrogens (tertiary/aromatic N) is 1. The molecule has 33 heavy (non-hydrogen) atoms. The highest BCUT2D eigenvalue weighted by Gasteiger charge is 2.37. The van der Waals surface area contributed by atoms with E-state index in [0.717, 1.165) is 18.4 Å². The summed E-state index contributed by atoms with van der Waals surface area (Å²) in [6, 6.07) is 20.0. The molecule has 2 nitrogen and oxygen atoms in total. The molecule has 0 saturated heterocycles. The van der Waals surface area contributed by atoms with Gasteiger partial charge in [-0.25, -0.2) is 0 Å². The molecule has 5 aliphatic rings. The van der Waals surface area contributed by atoms with E-state index in [1.165, 1.54) is 83.4 Å². The highest BCUT2D eigenvalue weighted by Crippen LogP contribution is 2.52. The molecule has 2 heterocycles. The molecule has 164 valence electrons. The van der Waals surface area contributed by atoms with Crippen LogP contribution in [-0.2, 0) is 12.8 Å². The first-order chi connectivity index (χ1) is 16.3. The molecule has 0 spiro atoms. The van der Waals surface area contributed by atoms with Gasteiger partial charge in [0.1, 0.15) is 0 Å². The zero-order valence-electron chi connectivity index (χ0n) is 19.0. The molecular formula is C31H29NO. The zero-order valence-corrected chi connectivity index (χ0v) is 19.0. The van der Waals surface area contributed by atoms with E-state index in [0.29, 0.717) is 11.8 Å². The van der Waals surface area contributed by atoms with Crippen LogP contribution in [0.2, 0.25) is 0 Å². The quantitative estimate of drug-likeness (QED) is 0.342. The molecule has 8 rings (SSSR count). The molecule has 2 atom stereocenters. The first-order valence-corrected chi connectivity index (χ1v) is 12.6. The van der Waals surface area contributed by atoms with Crippen molar-refractivity contribution in [3.63, 3.8) is 0 Å². The molecule has 3 aromatic rings. The monoisotopic (exact) mass is 431 g/mol. The van der Waals surface area contributed by atoms with E-state index in [9.17, 15) is 4.79 Å². The van der Waals surface area contributed by atoms with Crippen LogP contribution in [0.25, 0.3) is 6.08 Å². The predicted octanol–water partition coefficient (Wildman–Crippen LogP) is 6.65. The summed E-state index contributed by atoms with van der Waals surface area (Å²) >= 11 is 0. The average Bonchev–Trinajstić information content (AvgIpc) is 2.87. The predicted molar refractivity (Wildman–Crippen MR) is 134 cm³/mol. The van der Waals surface area contributed by atoms with Gasteiger partial charge in [-0.15, -0.1) is 0 Å². The van der Waals surface area contributed by atoms with Gasteiger partial charge < -0.3 is 4.90 Å². The van der Waals surface area contributed by atoms with Crippen molar-refractivity contribution < 1.29 is 4.79 Å². The number of rotatable bonds is 3. The lowest BCUT2D eigenvalue weighted by atomic mass is 9.63. The van der Waals surface area contributed by atoms with Crippen LogP contribution in [0.1, 0.15) is 86.8 Å². The summed E-state index contributed by atoms with van der Waals surface area (Å²) in [7, 11) is 0. The number of ketones is 1. The van der Waals surface area contributed by atoms with E-state index in [1.54, 1.807) is 6.08 Å². The van der Waals surface area contributed by atoms with Gasteiger partial charge in [-0.3, -0.25) is 4.79 Å². The second-order valence-electron chi connectivity index (χ2n) is 10.2. The molecule has 2 aliphatic heterocycles. The van der Waals surface area contributed by atoms with E-state index in [2.05, 4.69) is 53.4 Å². The molecule has 0 fully saturated rings. The second kappa shape index (κ2) is 7.45. The number of allylic oxidation sites excluding steroid dienone is 1. The maximum Gasteiger partial charge on any atom is 0.185 e. The van der Waals surface area contributed by atoms with Crippen molar-refractivity contribution in [1.82, 2.24) is 0 Å². The summed E-state index contributed by atoms with van der Waals surface area (Å²) in [5, 5.41) is 0. The van der Waals surface area contributed by atoms with E-state index >= 15 is 0 Å². The number of aryl methyl sites for hydroxylation is 2. The van der Waals surface area contributed by atoms with Crippen LogP contribution in [0.5, 0.6) is 0 Å². The molecule has 2 unspecified atom stereocenters. The summed E-state index contributed by atoms with van der Waals surface area (Å²) < 4.78 is 0. The van der Waals surface area contributed by atoms with E-state index in [1.807, 2.05) is 12.1 Å². The van der Waals surface area contributed by atoms with Gasteiger partial charge in [0.05, 0.1) is 0 Å². The zero-order chi connectivity index (χ0) is 21.9. The lowest BCUT2D eigenvalue weighted by molar-refractivity contribution is 0.104. The van der Waals surface area contributed by atoms with Gasteiger partial charge in [0.25, 0.3) is 0 Å². The Hall–Kier alpha value is -3.13. The van der Waals surface area contributed by atoms with Crippen molar-refractivity contribution in [3.8, 4) is 0 Å². The Balaban J connectivity index is 1.19. The van der Waals surface area contributed by atoms with Gasteiger partial charge in [0.15, 0.2) is 5.78 Å². The molecule has 2 bridgehead atoms. The fourth-order valence-corrected chi connectivity index (χ4v) is 6.98. The van der Waals surface area contributed by atoms with Crippen LogP contribution >= 0.6 is 0 Å². The van der Waals surface area contributed by atoms with Gasteiger partial charge in [0, 0.05) is 36.2 Å². The molecule has 0 saturated carbocycles. The summed E-state index contributed by atoms with van der Waals surface area (Å²) in [6.45, 7) is 2.39. The van der Waals surface area contributed by atoms with E-state index < -0.39 is 0 Å². The highest BCUT2D eigenvalue weighted by molar-refractivity contribution is 6.07. The maximum atomic E-state index is 13.2. The van der Waals surface area contributed by atoms with Crippen molar-refractivity contribution in [3.05, 3.63) is 105 Å². The minimum atomic E-state index is 0.112. The number of hydrogen-bond acceptors (Lipinski definition) is 2. The van der Waals surface area contributed by atoms with Crippen LogP contribution < -0.4 is 4.90 Å². The SMILES string of the molecule is O=C(C=Cc1cc2c3c(c1)CCCN3CCC2)c1ccc2c(c1)C1CCC2c2ccccc21. The maximum absolute atomic E-state index is 13.2. The summed E-state index contributed by atoms with van der Waals surface area (Å²) in [6.07, 6.45) is 11.0. The van der Waals surface area contributed by atoms with Crippen LogP contribution in [-0.4, -0.2) is 18.9 Å². The summed E-state index contributed by atoms with van der Waals surface area (Å²) in [5.41, 5.74) is 12.2.